The van der Waals surface area contributed by atoms with Gasteiger partial charge in [-0.05, 0) is 43.3 Å². The molecule has 0 aliphatic rings. The van der Waals surface area contributed by atoms with Crippen molar-refractivity contribution >= 4 is 40.1 Å². The minimum atomic E-state index is -0.642. The highest BCUT2D eigenvalue weighted by molar-refractivity contribution is 7.99. The topological polar surface area (TPSA) is 91.9 Å². The molecule has 0 spiro atoms. The average molecular weight is 470 g/mol. The van der Waals surface area contributed by atoms with Crippen LogP contribution in [0.1, 0.15) is 17.3 Å². The molecule has 1 amide bonds. The van der Waals surface area contributed by atoms with Gasteiger partial charge >= 0.3 is 0 Å². The molecule has 0 fully saturated rings. The fourth-order valence-corrected chi connectivity index (χ4v) is 4.24. The predicted octanol–water partition coefficient (Wildman–Crippen LogP) is 5.09. The summed E-state index contributed by atoms with van der Waals surface area (Å²) in [5, 5.41) is 13.8. The fourth-order valence-electron chi connectivity index (χ4n) is 3.31. The molecule has 0 radical (unpaired) electrons. The van der Waals surface area contributed by atoms with Gasteiger partial charge in [0.05, 0.1) is 29.6 Å². The number of carbonyl (C=O) groups excluding carboxylic acids is 1. The number of methoxy groups -OCH3 is 1. The van der Waals surface area contributed by atoms with Crippen LogP contribution in [0.2, 0.25) is 0 Å². The van der Waals surface area contributed by atoms with E-state index in [1.165, 1.54) is 30.1 Å². The van der Waals surface area contributed by atoms with E-state index in [1.807, 2.05) is 13.0 Å². The summed E-state index contributed by atoms with van der Waals surface area (Å²) in [5.41, 5.74) is 1.69. The van der Waals surface area contributed by atoms with Crippen molar-refractivity contribution in [2.24, 2.45) is 0 Å². The van der Waals surface area contributed by atoms with Crippen molar-refractivity contribution in [2.45, 2.75) is 22.8 Å². The normalized spacial score (nSPS) is 12.0. The lowest BCUT2D eigenvalue weighted by Gasteiger charge is -2.16. The van der Waals surface area contributed by atoms with Crippen molar-refractivity contribution in [3.05, 3.63) is 72.1 Å². The molecule has 7 nitrogen and oxygen atoms in total. The summed E-state index contributed by atoms with van der Waals surface area (Å²) in [6, 6.07) is 10.3. The molecule has 0 saturated heterocycles. The van der Waals surface area contributed by atoms with E-state index in [2.05, 4.69) is 25.8 Å². The Kier molecular flexibility index (Phi) is 6.85. The van der Waals surface area contributed by atoms with Crippen molar-refractivity contribution < 1.29 is 18.3 Å². The summed E-state index contributed by atoms with van der Waals surface area (Å²) in [7, 11) is 1.61. The van der Waals surface area contributed by atoms with E-state index in [9.17, 15) is 13.6 Å². The molecule has 33 heavy (non-hydrogen) atoms. The van der Waals surface area contributed by atoms with Crippen LogP contribution in [-0.2, 0) is 4.74 Å². The van der Waals surface area contributed by atoms with Crippen LogP contribution in [0.3, 0.4) is 0 Å². The lowest BCUT2D eigenvalue weighted by Crippen LogP contribution is -2.23. The molecule has 4 rings (SSSR count). The summed E-state index contributed by atoms with van der Waals surface area (Å²) >= 11 is 1.21. The van der Waals surface area contributed by atoms with Gasteiger partial charge in [0.25, 0.3) is 5.91 Å². The van der Waals surface area contributed by atoms with Gasteiger partial charge in [-0.25, -0.2) is 8.78 Å². The summed E-state index contributed by atoms with van der Waals surface area (Å²) in [5.74, 6) is -1.30. The van der Waals surface area contributed by atoms with Gasteiger partial charge in [-0.2, -0.15) is 5.10 Å². The molecular weight excluding hydrogens is 448 g/mol. The Hall–Kier alpha value is -3.50. The lowest BCUT2D eigenvalue weighted by atomic mass is 10.2. The molecule has 0 bridgehead atoms. The van der Waals surface area contributed by atoms with E-state index in [0.29, 0.717) is 39.5 Å². The second-order valence-electron chi connectivity index (χ2n) is 7.36. The zero-order valence-corrected chi connectivity index (χ0v) is 18.7. The zero-order valence-electron chi connectivity index (χ0n) is 17.9. The number of carbonyl (C=O) groups is 1. The Bertz CT molecular complexity index is 1280. The minimum absolute atomic E-state index is 0.0239. The molecule has 2 aromatic heterocycles. The first-order valence-corrected chi connectivity index (χ1v) is 10.9. The van der Waals surface area contributed by atoms with Crippen LogP contribution in [0, 0.1) is 11.6 Å². The van der Waals surface area contributed by atoms with Gasteiger partial charge in [0, 0.05) is 40.6 Å². The second kappa shape index (κ2) is 9.97. The maximum absolute atomic E-state index is 13.5. The first kappa shape index (κ1) is 22.7. The van der Waals surface area contributed by atoms with Crippen LogP contribution in [0.5, 0.6) is 0 Å². The number of aromatic nitrogens is 3. The van der Waals surface area contributed by atoms with E-state index in [-0.39, 0.29) is 11.9 Å². The third kappa shape index (κ3) is 5.47. The monoisotopic (exact) mass is 469 g/mol. The van der Waals surface area contributed by atoms with Crippen molar-refractivity contribution in [3.63, 3.8) is 0 Å². The Morgan fingerprint density at radius 3 is 2.70 bits per heavy atom. The highest BCUT2D eigenvalue weighted by Crippen LogP contribution is 2.33. The number of rotatable bonds is 8. The van der Waals surface area contributed by atoms with Gasteiger partial charge in [0.15, 0.2) is 5.82 Å². The quantitative estimate of drug-likeness (QED) is 0.333. The van der Waals surface area contributed by atoms with Crippen LogP contribution < -0.4 is 10.6 Å². The zero-order chi connectivity index (χ0) is 23.4. The smallest absolute Gasteiger partial charge is 0.259 e. The molecule has 0 aliphatic heterocycles. The third-order valence-electron chi connectivity index (χ3n) is 4.72. The first-order valence-electron chi connectivity index (χ1n) is 10.1. The third-order valence-corrected chi connectivity index (χ3v) is 5.68. The molecule has 4 aromatic rings. The molecule has 1 atom stereocenters. The van der Waals surface area contributed by atoms with Crippen molar-refractivity contribution in [2.75, 3.05) is 24.4 Å². The molecule has 0 aliphatic carbocycles. The first-order chi connectivity index (χ1) is 15.9. The van der Waals surface area contributed by atoms with Crippen LogP contribution in [0.25, 0.3) is 10.9 Å². The molecule has 1 unspecified atom stereocenters. The van der Waals surface area contributed by atoms with E-state index in [1.54, 1.807) is 31.5 Å². The number of amides is 1. The van der Waals surface area contributed by atoms with Crippen molar-refractivity contribution in [1.29, 1.82) is 0 Å². The second-order valence-corrected chi connectivity index (χ2v) is 8.51. The Balaban J connectivity index is 1.57. The number of H-pyrrole nitrogens is 1. The van der Waals surface area contributed by atoms with Gasteiger partial charge in [0.2, 0.25) is 0 Å². The van der Waals surface area contributed by atoms with E-state index < -0.39 is 11.6 Å². The average Bonchev–Trinajstić information content (AvgIpc) is 3.15. The maximum atomic E-state index is 13.5. The number of ether oxygens (including phenoxy) is 1. The van der Waals surface area contributed by atoms with E-state index >= 15 is 0 Å². The van der Waals surface area contributed by atoms with Crippen LogP contribution in [0.4, 0.5) is 20.3 Å². The number of pyridine rings is 1. The number of nitrogens with zero attached hydrogens (tertiary/aromatic N) is 2. The largest absolute Gasteiger partial charge is 0.383 e. The number of nitrogens with one attached hydrogen (secondary N) is 3. The molecule has 3 N–H and O–H groups in total. The fraction of sp³-hybridized carbons (Fsp3) is 0.174. The number of hydrogen-bond donors (Lipinski definition) is 3. The summed E-state index contributed by atoms with van der Waals surface area (Å²) < 4.78 is 32.2. The summed E-state index contributed by atoms with van der Waals surface area (Å²) in [6.07, 6.45) is 3.12. The number of aromatic amines is 1. The minimum Gasteiger partial charge on any atom is -0.383 e. The number of halogens is 2. The maximum Gasteiger partial charge on any atom is 0.259 e. The van der Waals surface area contributed by atoms with Crippen LogP contribution in [0.15, 0.2) is 64.6 Å². The Labute approximate surface area is 192 Å². The van der Waals surface area contributed by atoms with Gasteiger partial charge in [0.1, 0.15) is 11.6 Å². The van der Waals surface area contributed by atoms with Crippen molar-refractivity contribution in [1.82, 2.24) is 15.2 Å². The number of benzene rings is 2. The van der Waals surface area contributed by atoms with E-state index in [0.717, 1.165) is 11.0 Å². The highest BCUT2D eigenvalue weighted by Gasteiger charge is 2.16. The Morgan fingerprint density at radius 2 is 1.94 bits per heavy atom. The predicted molar refractivity (Wildman–Crippen MR) is 124 cm³/mol. The molecule has 2 aromatic carbocycles. The SMILES string of the molecule is COCC(C)Nc1cnccc1C(=O)Nc1n[nH]c2ccc(Sc3cc(F)cc(F)c3)cc12. The van der Waals surface area contributed by atoms with Crippen molar-refractivity contribution in [3.8, 4) is 0 Å². The Morgan fingerprint density at radius 1 is 1.15 bits per heavy atom. The number of anilines is 2. The van der Waals surface area contributed by atoms with Gasteiger partial charge in [-0.15, -0.1) is 0 Å². The molecule has 170 valence electrons. The molecule has 10 heteroatoms. The highest BCUT2D eigenvalue weighted by atomic mass is 32.2. The van der Waals surface area contributed by atoms with Crippen LogP contribution >= 0.6 is 11.8 Å². The summed E-state index contributed by atoms with van der Waals surface area (Å²) in [4.78, 5) is 18.3. The number of fused-ring (bicyclic) bond motifs is 1. The van der Waals surface area contributed by atoms with Gasteiger partial charge < -0.3 is 15.4 Å². The number of hydrogen-bond acceptors (Lipinski definition) is 6. The molecule has 2 heterocycles. The standard InChI is InChI=1S/C23H21F2N5O2S/c1-13(12-32-2)27-21-11-26-6-5-18(21)23(31)28-22-19-10-16(3-4-20(19)29-30-22)33-17-8-14(24)7-15(25)9-17/h3-11,13,27H,12H2,1-2H3,(H2,28,29,30,31). The van der Waals surface area contributed by atoms with E-state index in [4.69, 9.17) is 4.74 Å². The van der Waals surface area contributed by atoms with Crippen LogP contribution in [-0.4, -0.2) is 40.8 Å². The van der Waals surface area contributed by atoms with Gasteiger partial charge in [-0.1, -0.05) is 11.8 Å². The summed E-state index contributed by atoms with van der Waals surface area (Å²) in [6.45, 7) is 2.40. The van der Waals surface area contributed by atoms with Gasteiger partial charge in [-0.3, -0.25) is 14.9 Å². The molecular formula is C23H21F2N5O2S. The lowest BCUT2D eigenvalue weighted by molar-refractivity contribution is 0.102. The molecule has 0 saturated carbocycles.